The first kappa shape index (κ1) is 16.1. The van der Waals surface area contributed by atoms with Crippen LogP contribution in [0, 0.1) is 0 Å². The van der Waals surface area contributed by atoms with Gasteiger partial charge in [-0.15, -0.1) is 0 Å². The third kappa shape index (κ3) is 5.18. The lowest BCUT2D eigenvalue weighted by molar-refractivity contribution is 0.188. The molecule has 0 unspecified atom stereocenters. The molecule has 0 spiro atoms. The quantitative estimate of drug-likeness (QED) is 0.636. The van der Waals surface area contributed by atoms with Crippen molar-refractivity contribution in [2.45, 2.75) is 13.1 Å². The van der Waals surface area contributed by atoms with Crippen LogP contribution in [-0.2, 0) is 13.1 Å². The largest absolute Gasteiger partial charge is 0.462 e. The number of hydrogen-bond acceptors (Lipinski definition) is 4. The van der Waals surface area contributed by atoms with Crippen molar-refractivity contribution in [3.05, 3.63) is 90.3 Å². The molecule has 0 aliphatic carbocycles. The molecule has 0 aliphatic heterocycles. The van der Waals surface area contributed by atoms with E-state index in [-0.39, 0.29) is 0 Å². The fraction of sp³-hybridized carbons (Fsp3) is 0.200. The zero-order chi connectivity index (χ0) is 16.5. The number of nitrogens with zero attached hydrogens (tertiary/aromatic N) is 3. The predicted octanol–water partition coefficient (Wildman–Crippen LogP) is 3.56. The van der Waals surface area contributed by atoms with Crippen LogP contribution in [0.4, 0.5) is 0 Å². The lowest BCUT2D eigenvalue weighted by Crippen LogP contribution is -2.28. The first-order chi connectivity index (χ1) is 11.9. The average molecular weight is 319 g/mol. The molecule has 1 heterocycles. The molecule has 3 rings (SSSR count). The Morgan fingerprint density at radius 2 is 1.25 bits per heavy atom. The first-order valence-electron chi connectivity index (χ1n) is 8.10. The Kier molecular flexibility index (Phi) is 5.92. The van der Waals surface area contributed by atoms with E-state index >= 15 is 0 Å². The van der Waals surface area contributed by atoms with Crippen LogP contribution in [-0.4, -0.2) is 28.0 Å². The molecule has 0 atom stereocenters. The lowest BCUT2D eigenvalue weighted by atomic mass is 10.1. The molecule has 0 bridgehead atoms. The summed E-state index contributed by atoms with van der Waals surface area (Å²) in [4.78, 5) is 10.6. The number of ether oxygens (including phenoxy) is 1. The molecule has 0 saturated carbocycles. The van der Waals surface area contributed by atoms with Crippen molar-refractivity contribution in [3.8, 4) is 6.01 Å². The Morgan fingerprint density at radius 3 is 1.79 bits per heavy atom. The number of rotatable bonds is 8. The first-order valence-corrected chi connectivity index (χ1v) is 8.10. The summed E-state index contributed by atoms with van der Waals surface area (Å²) in [6.07, 6.45) is 3.38. The van der Waals surface area contributed by atoms with Crippen molar-refractivity contribution in [1.29, 1.82) is 0 Å². The van der Waals surface area contributed by atoms with E-state index in [1.165, 1.54) is 11.1 Å². The molecule has 1 aromatic heterocycles. The zero-order valence-electron chi connectivity index (χ0n) is 13.6. The van der Waals surface area contributed by atoms with Crippen LogP contribution < -0.4 is 4.74 Å². The van der Waals surface area contributed by atoms with Gasteiger partial charge in [0.2, 0.25) is 0 Å². The highest BCUT2D eigenvalue weighted by Gasteiger charge is 2.08. The Bertz CT molecular complexity index is 663. The van der Waals surface area contributed by atoms with Crippen LogP contribution in [0.15, 0.2) is 79.1 Å². The summed E-state index contributed by atoms with van der Waals surface area (Å²) in [5, 5.41) is 0. The van der Waals surface area contributed by atoms with Crippen molar-refractivity contribution in [3.63, 3.8) is 0 Å². The molecule has 0 N–H and O–H groups in total. The zero-order valence-corrected chi connectivity index (χ0v) is 13.6. The van der Waals surface area contributed by atoms with Gasteiger partial charge in [0.25, 0.3) is 0 Å². The van der Waals surface area contributed by atoms with Crippen molar-refractivity contribution in [1.82, 2.24) is 14.9 Å². The highest BCUT2D eigenvalue weighted by Crippen LogP contribution is 2.10. The van der Waals surface area contributed by atoms with Crippen LogP contribution in [0.5, 0.6) is 6.01 Å². The van der Waals surface area contributed by atoms with Gasteiger partial charge >= 0.3 is 6.01 Å². The van der Waals surface area contributed by atoms with Crippen molar-refractivity contribution >= 4 is 0 Å². The third-order valence-corrected chi connectivity index (χ3v) is 3.68. The van der Waals surface area contributed by atoms with Gasteiger partial charge in [0, 0.05) is 32.0 Å². The molecule has 24 heavy (non-hydrogen) atoms. The molecular formula is C20H21N3O. The van der Waals surface area contributed by atoms with Gasteiger partial charge in [-0.05, 0) is 17.2 Å². The second-order valence-corrected chi connectivity index (χ2v) is 5.56. The van der Waals surface area contributed by atoms with Gasteiger partial charge in [0.05, 0.1) is 0 Å². The van der Waals surface area contributed by atoms with E-state index in [1.807, 2.05) is 12.1 Å². The van der Waals surface area contributed by atoms with E-state index < -0.39 is 0 Å². The minimum absolute atomic E-state index is 0.428. The summed E-state index contributed by atoms with van der Waals surface area (Å²) in [7, 11) is 0. The summed E-state index contributed by atoms with van der Waals surface area (Å²) >= 11 is 0. The maximum atomic E-state index is 5.65. The van der Waals surface area contributed by atoms with Gasteiger partial charge in [-0.1, -0.05) is 60.7 Å². The van der Waals surface area contributed by atoms with Crippen molar-refractivity contribution in [2.24, 2.45) is 0 Å². The summed E-state index contributed by atoms with van der Waals surface area (Å²) in [6, 6.07) is 23.2. The minimum Gasteiger partial charge on any atom is -0.462 e. The third-order valence-electron chi connectivity index (χ3n) is 3.68. The molecule has 0 aliphatic rings. The van der Waals surface area contributed by atoms with Gasteiger partial charge in [0.1, 0.15) is 6.61 Å². The van der Waals surface area contributed by atoms with Gasteiger partial charge in [0.15, 0.2) is 0 Å². The molecule has 4 heteroatoms. The van der Waals surface area contributed by atoms with Crippen molar-refractivity contribution < 1.29 is 4.74 Å². The van der Waals surface area contributed by atoms with Gasteiger partial charge in [-0.3, -0.25) is 4.90 Å². The van der Waals surface area contributed by atoms with Crippen LogP contribution in [0.25, 0.3) is 0 Å². The van der Waals surface area contributed by atoms with E-state index in [4.69, 9.17) is 4.74 Å². The summed E-state index contributed by atoms with van der Waals surface area (Å²) in [5.74, 6) is 0. The highest BCUT2D eigenvalue weighted by atomic mass is 16.5. The molecule has 0 fully saturated rings. The van der Waals surface area contributed by atoms with Gasteiger partial charge in [-0.2, -0.15) is 0 Å². The standard InChI is InChI=1S/C20H21N3O/c1-3-8-18(9-4-1)16-23(17-19-10-5-2-6-11-19)14-15-24-20-21-12-7-13-22-20/h1-13H,14-17H2. The van der Waals surface area contributed by atoms with E-state index in [2.05, 4.69) is 63.4 Å². The fourth-order valence-electron chi connectivity index (χ4n) is 2.52. The number of benzene rings is 2. The van der Waals surface area contributed by atoms with Crippen LogP contribution >= 0.6 is 0 Å². The maximum Gasteiger partial charge on any atom is 0.316 e. The Balaban J connectivity index is 1.60. The molecular weight excluding hydrogens is 298 g/mol. The molecule has 2 aromatic carbocycles. The van der Waals surface area contributed by atoms with Crippen LogP contribution in [0.2, 0.25) is 0 Å². The monoisotopic (exact) mass is 319 g/mol. The second-order valence-electron chi connectivity index (χ2n) is 5.56. The summed E-state index contributed by atoms with van der Waals surface area (Å²) in [6.45, 7) is 3.13. The van der Waals surface area contributed by atoms with Crippen LogP contribution in [0.1, 0.15) is 11.1 Å². The Morgan fingerprint density at radius 1 is 0.708 bits per heavy atom. The molecule has 122 valence electrons. The van der Waals surface area contributed by atoms with Gasteiger partial charge in [-0.25, -0.2) is 9.97 Å². The van der Waals surface area contributed by atoms with Crippen LogP contribution in [0.3, 0.4) is 0 Å². The Labute approximate surface area is 142 Å². The average Bonchev–Trinajstić information content (AvgIpc) is 2.64. The maximum absolute atomic E-state index is 5.65. The Hall–Kier alpha value is -2.72. The smallest absolute Gasteiger partial charge is 0.316 e. The van der Waals surface area contributed by atoms with E-state index in [0.29, 0.717) is 12.6 Å². The normalized spacial score (nSPS) is 10.7. The number of hydrogen-bond donors (Lipinski definition) is 0. The number of aromatic nitrogens is 2. The van der Waals surface area contributed by atoms with E-state index in [0.717, 1.165) is 19.6 Å². The fourth-order valence-corrected chi connectivity index (χ4v) is 2.52. The van der Waals surface area contributed by atoms with E-state index in [1.54, 1.807) is 18.5 Å². The minimum atomic E-state index is 0.428. The van der Waals surface area contributed by atoms with Crippen molar-refractivity contribution in [2.75, 3.05) is 13.2 Å². The molecule has 0 amide bonds. The van der Waals surface area contributed by atoms with E-state index in [9.17, 15) is 0 Å². The SMILES string of the molecule is c1ccc(CN(CCOc2ncccn2)Cc2ccccc2)cc1. The summed E-state index contributed by atoms with van der Waals surface area (Å²) < 4.78 is 5.65. The topological polar surface area (TPSA) is 38.2 Å². The summed E-state index contributed by atoms with van der Waals surface area (Å²) in [5.41, 5.74) is 2.59. The predicted molar refractivity (Wildman–Crippen MR) is 94.5 cm³/mol. The molecule has 4 nitrogen and oxygen atoms in total. The molecule has 0 saturated heterocycles. The molecule has 3 aromatic rings. The van der Waals surface area contributed by atoms with Gasteiger partial charge < -0.3 is 4.74 Å². The second kappa shape index (κ2) is 8.79. The highest BCUT2D eigenvalue weighted by molar-refractivity contribution is 5.17. The molecule has 0 radical (unpaired) electrons. The lowest BCUT2D eigenvalue weighted by Gasteiger charge is -2.22.